The summed E-state index contributed by atoms with van der Waals surface area (Å²) in [4.78, 5) is 25.6. The lowest BCUT2D eigenvalue weighted by molar-refractivity contribution is -0.137. The van der Waals surface area contributed by atoms with Crippen molar-refractivity contribution in [2.24, 2.45) is 0 Å². The lowest BCUT2D eigenvalue weighted by Crippen LogP contribution is -2.34. The van der Waals surface area contributed by atoms with Crippen LogP contribution in [0.4, 0.5) is 18.9 Å². The van der Waals surface area contributed by atoms with Crippen molar-refractivity contribution in [1.82, 2.24) is 4.90 Å². The molecule has 2 aromatic carbocycles. The molecule has 2 rings (SSSR count). The van der Waals surface area contributed by atoms with Crippen LogP contribution in [0, 0.1) is 13.8 Å². The zero-order valence-corrected chi connectivity index (χ0v) is 16.9. The number of para-hydroxylation sites is 1. The maximum atomic E-state index is 12.9. The quantitative estimate of drug-likeness (QED) is 0.680. The van der Waals surface area contributed by atoms with Gasteiger partial charge < -0.3 is 10.2 Å². The smallest absolute Gasteiger partial charge is 0.333 e. The second-order valence-corrected chi connectivity index (χ2v) is 6.99. The Morgan fingerprint density at radius 3 is 2.34 bits per heavy atom. The lowest BCUT2D eigenvalue weighted by atomic mass is 10.1. The molecule has 0 saturated heterocycles. The molecule has 154 valence electrons. The molecule has 0 radical (unpaired) electrons. The van der Waals surface area contributed by atoms with E-state index >= 15 is 0 Å². The highest BCUT2D eigenvalue weighted by Crippen LogP contribution is 2.35. The Bertz CT molecular complexity index is 935. The van der Waals surface area contributed by atoms with E-state index in [0.717, 1.165) is 29.3 Å². The number of carbonyl (C=O) groups is 2. The largest absolute Gasteiger partial charge is 0.417 e. The summed E-state index contributed by atoms with van der Waals surface area (Å²) >= 11 is 5.58. The van der Waals surface area contributed by atoms with Gasteiger partial charge in [-0.15, -0.1) is 0 Å². The second-order valence-electron chi connectivity index (χ2n) is 6.58. The minimum absolute atomic E-state index is 0.170. The fourth-order valence-corrected chi connectivity index (χ4v) is 2.87. The van der Waals surface area contributed by atoms with Gasteiger partial charge in [0.1, 0.15) is 0 Å². The molecule has 0 saturated carbocycles. The van der Waals surface area contributed by atoms with Gasteiger partial charge in [0, 0.05) is 18.8 Å². The van der Waals surface area contributed by atoms with E-state index in [1.807, 2.05) is 32.0 Å². The standard InChI is InChI=1S/C21H20ClF3N2O2/c1-13-5-4-6-14(2)20(13)26-18(28)12-27(3)19(29)10-8-15-7-9-17(22)16(11-15)21(23,24)25/h4-11H,12H2,1-3H3,(H,26,28)/b10-8+. The summed E-state index contributed by atoms with van der Waals surface area (Å²) in [5, 5.41) is 2.36. The highest BCUT2D eigenvalue weighted by Gasteiger charge is 2.33. The molecule has 8 heteroatoms. The minimum Gasteiger partial charge on any atom is -0.333 e. The van der Waals surface area contributed by atoms with Gasteiger partial charge in [-0.05, 0) is 48.7 Å². The number of rotatable bonds is 5. The SMILES string of the molecule is Cc1cccc(C)c1NC(=O)CN(C)C(=O)/C=C/c1ccc(Cl)c(C(F)(F)F)c1. The summed E-state index contributed by atoms with van der Waals surface area (Å²) in [5.41, 5.74) is 1.68. The van der Waals surface area contributed by atoms with Gasteiger partial charge >= 0.3 is 6.18 Å². The topological polar surface area (TPSA) is 49.4 Å². The van der Waals surface area contributed by atoms with E-state index in [2.05, 4.69) is 5.32 Å². The van der Waals surface area contributed by atoms with Crippen LogP contribution in [0.25, 0.3) is 6.08 Å². The van der Waals surface area contributed by atoms with E-state index < -0.39 is 22.7 Å². The highest BCUT2D eigenvalue weighted by molar-refractivity contribution is 6.31. The van der Waals surface area contributed by atoms with E-state index in [-0.39, 0.29) is 18.0 Å². The fraction of sp³-hybridized carbons (Fsp3) is 0.238. The molecule has 0 atom stereocenters. The first kappa shape index (κ1) is 22.5. The number of alkyl halides is 3. The van der Waals surface area contributed by atoms with Crippen molar-refractivity contribution in [3.63, 3.8) is 0 Å². The minimum atomic E-state index is -4.59. The molecular weight excluding hydrogens is 405 g/mol. The molecule has 0 unspecified atom stereocenters. The average molecular weight is 425 g/mol. The maximum absolute atomic E-state index is 12.9. The summed E-state index contributed by atoms with van der Waals surface area (Å²) in [7, 11) is 1.43. The third kappa shape index (κ3) is 6.09. The number of hydrogen-bond acceptors (Lipinski definition) is 2. The zero-order valence-electron chi connectivity index (χ0n) is 16.1. The van der Waals surface area contributed by atoms with Crippen molar-refractivity contribution in [3.05, 3.63) is 69.8 Å². The Morgan fingerprint density at radius 2 is 1.76 bits per heavy atom. The van der Waals surface area contributed by atoms with Crippen LogP contribution in [0.3, 0.4) is 0 Å². The van der Waals surface area contributed by atoms with Crippen molar-refractivity contribution in [2.75, 3.05) is 18.9 Å². The number of aryl methyl sites for hydroxylation is 2. The molecule has 2 aromatic rings. The van der Waals surface area contributed by atoms with Crippen molar-refractivity contribution in [3.8, 4) is 0 Å². The first-order chi connectivity index (χ1) is 13.5. The van der Waals surface area contributed by atoms with Crippen LogP contribution in [0.15, 0.2) is 42.5 Å². The Kier molecular flexibility index (Phi) is 7.08. The number of carbonyl (C=O) groups excluding carboxylic acids is 2. The van der Waals surface area contributed by atoms with Crippen molar-refractivity contribution in [2.45, 2.75) is 20.0 Å². The van der Waals surface area contributed by atoms with Crippen LogP contribution >= 0.6 is 11.6 Å². The van der Waals surface area contributed by atoms with Crippen molar-refractivity contribution >= 4 is 35.2 Å². The first-order valence-corrected chi connectivity index (χ1v) is 9.03. The fourth-order valence-electron chi connectivity index (χ4n) is 2.64. The molecule has 0 heterocycles. The number of likely N-dealkylation sites (N-methyl/N-ethyl adjacent to an activating group) is 1. The molecule has 0 fully saturated rings. The van der Waals surface area contributed by atoms with Gasteiger partial charge in [-0.2, -0.15) is 13.2 Å². The highest BCUT2D eigenvalue weighted by atomic mass is 35.5. The molecule has 1 N–H and O–H groups in total. The number of nitrogens with zero attached hydrogens (tertiary/aromatic N) is 1. The molecule has 0 bridgehead atoms. The van der Waals surface area contributed by atoms with Crippen LogP contribution in [-0.4, -0.2) is 30.3 Å². The number of halogens is 4. The molecule has 0 aliphatic carbocycles. The van der Waals surface area contributed by atoms with E-state index in [9.17, 15) is 22.8 Å². The molecule has 0 aromatic heterocycles. The molecule has 29 heavy (non-hydrogen) atoms. The van der Waals surface area contributed by atoms with Crippen LogP contribution in [0.2, 0.25) is 5.02 Å². The van der Waals surface area contributed by atoms with Gasteiger partial charge in [0.2, 0.25) is 11.8 Å². The summed E-state index contributed by atoms with van der Waals surface area (Å²) in [6.07, 6.45) is -2.24. The second kappa shape index (κ2) is 9.13. The monoisotopic (exact) mass is 424 g/mol. The normalized spacial score (nSPS) is 11.6. The predicted molar refractivity (Wildman–Crippen MR) is 108 cm³/mol. The van der Waals surface area contributed by atoms with E-state index in [0.29, 0.717) is 5.69 Å². The number of amides is 2. The zero-order chi connectivity index (χ0) is 21.8. The predicted octanol–water partition coefficient (Wildman–Crippen LogP) is 5.09. The average Bonchev–Trinajstić information content (AvgIpc) is 2.62. The number of hydrogen-bond donors (Lipinski definition) is 1. The van der Waals surface area contributed by atoms with Crippen LogP contribution in [0.5, 0.6) is 0 Å². The van der Waals surface area contributed by atoms with Gasteiger partial charge in [0.25, 0.3) is 0 Å². The summed E-state index contributed by atoms with van der Waals surface area (Å²) in [5.74, 6) is -0.900. The summed E-state index contributed by atoms with van der Waals surface area (Å²) < 4.78 is 38.7. The van der Waals surface area contributed by atoms with Crippen LogP contribution < -0.4 is 5.32 Å². The third-order valence-electron chi connectivity index (χ3n) is 4.22. The molecule has 4 nitrogen and oxygen atoms in total. The van der Waals surface area contributed by atoms with Gasteiger partial charge in [-0.3, -0.25) is 9.59 Å². The van der Waals surface area contributed by atoms with Crippen LogP contribution in [0.1, 0.15) is 22.3 Å². The van der Waals surface area contributed by atoms with Gasteiger partial charge in [0.05, 0.1) is 17.1 Å². The van der Waals surface area contributed by atoms with Gasteiger partial charge in [-0.25, -0.2) is 0 Å². The van der Waals surface area contributed by atoms with Gasteiger partial charge in [0.15, 0.2) is 0 Å². The van der Waals surface area contributed by atoms with Gasteiger partial charge in [-0.1, -0.05) is 35.9 Å². The number of nitrogens with one attached hydrogen (secondary N) is 1. The molecule has 0 spiro atoms. The first-order valence-electron chi connectivity index (χ1n) is 8.65. The molecule has 2 amide bonds. The number of anilines is 1. The Morgan fingerprint density at radius 1 is 1.14 bits per heavy atom. The number of benzene rings is 2. The lowest BCUT2D eigenvalue weighted by Gasteiger charge is -2.16. The van der Waals surface area contributed by atoms with Crippen LogP contribution in [-0.2, 0) is 15.8 Å². The third-order valence-corrected chi connectivity index (χ3v) is 4.55. The molecular formula is C21H20ClF3N2O2. The Labute approximate surface area is 172 Å². The summed E-state index contributed by atoms with van der Waals surface area (Å²) in [6, 6.07) is 8.95. The van der Waals surface area contributed by atoms with E-state index in [1.54, 1.807) is 0 Å². The Balaban J connectivity index is 2.03. The maximum Gasteiger partial charge on any atom is 0.417 e. The summed E-state index contributed by atoms with van der Waals surface area (Å²) in [6.45, 7) is 3.52. The van der Waals surface area contributed by atoms with Crippen molar-refractivity contribution in [1.29, 1.82) is 0 Å². The Hall–Kier alpha value is -2.80. The van der Waals surface area contributed by atoms with E-state index in [1.165, 1.54) is 24.1 Å². The van der Waals surface area contributed by atoms with E-state index in [4.69, 9.17) is 11.6 Å². The van der Waals surface area contributed by atoms with Crippen molar-refractivity contribution < 1.29 is 22.8 Å². The molecule has 0 aliphatic rings. The molecule has 0 aliphatic heterocycles.